The Hall–Kier alpha value is -1.06. The minimum atomic E-state index is 0.717. The van der Waals surface area contributed by atoms with Gasteiger partial charge >= 0.3 is 0 Å². The van der Waals surface area contributed by atoms with Crippen molar-refractivity contribution in [1.29, 1.82) is 0 Å². The van der Waals surface area contributed by atoms with Gasteiger partial charge in [-0.1, -0.05) is 11.6 Å². The average molecular weight is 196 g/mol. The third-order valence-corrected chi connectivity index (χ3v) is 2.14. The fourth-order valence-electron chi connectivity index (χ4n) is 1.32. The molecule has 0 saturated heterocycles. The highest BCUT2D eigenvalue weighted by molar-refractivity contribution is 6.30. The van der Waals surface area contributed by atoms with Gasteiger partial charge in [0.2, 0.25) is 0 Å². The van der Waals surface area contributed by atoms with Crippen LogP contribution < -0.4 is 5.32 Å². The molecular formula is C9H10ClN3. The maximum Gasteiger partial charge on any atom is 0.138 e. The Balaban J connectivity index is 2.55. The molecule has 0 radical (unpaired) electrons. The predicted molar refractivity (Wildman–Crippen MR) is 53.0 cm³/mol. The van der Waals surface area contributed by atoms with Gasteiger partial charge in [0.1, 0.15) is 5.65 Å². The van der Waals surface area contributed by atoms with E-state index in [1.165, 1.54) is 0 Å². The quantitative estimate of drug-likeness (QED) is 0.791. The molecule has 0 aliphatic carbocycles. The summed E-state index contributed by atoms with van der Waals surface area (Å²) in [6.07, 6.45) is 3.78. The van der Waals surface area contributed by atoms with Crippen LogP contribution in [-0.2, 0) is 6.54 Å². The zero-order valence-corrected chi connectivity index (χ0v) is 8.04. The molecule has 2 aromatic rings. The molecule has 68 valence electrons. The van der Waals surface area contributed by atoms with Crippen LogP contribution in [0.4, 0.5) is 0 Å². The summed E-state index contributed by atoms with van der Waals surface area (Å²) in [4.78, 5) is 4.24. The van der Waals surface area contributed by atoms with Crippen molar-refractivity contribution in [3.63, 3.8) is 0 Å². The van der Waals surface area contributed by atoms with Gasteiger partial charge in [-0.3, -0.25) is 0 Å². The summed E-state index contributed by atoms with van der Waals surface area (Å²) < 4.78 is 2.02. The summed E-state index contributed by atoms with van der Waals surface area (Å²) in [6, 6.07) is 3.70. The minimum absolute atomic E-state index is 0.717. The van der Waals surface area contributed by atoms with Crippen molar-refractivity contribution >= 4 is 17.2 Å². The van der Waals surface area contributed by atoms with Crippen molar-refractivity contribution in [3.05, 3.63) is 35.2 Å². The van der Waals surface area contributed by atoms with Crippen molar-refractivity contribution in [2.45, 2.75) is 6.54 Å². The van der Waals surface area contributed by atoms with Gasteiger partial charge in [-0.15, -0.1) is 0 Å². The summed E-state index contributed by atoms with van der Waals surface area (Å²) in [6.45, 7) is 0.808. The molecule has 0 spiro atoms. The molecule has 0 bridgehead atoms. The molecule has 13 heavy (non-hydrogen) atoms. The van der Waals surface area contributed by atoms with Crippen LogP contribution in [0.15, 0.2) is 24.5 Å². The first-order valence-electron chi connectivity index (χ1n) is 4.07. The number of halogens is 1. The van der Waals surface area contributed by atoms with Crippen molar-refractivity contribution < 1.29 is 0 Å². The van der Waals surface area contributed by atoms with Gasteiger partial charge < -0.3 is 9.72 Å². The number of nitrogens with one attached hydrogen (secondary N) is 1. The average Bonchev–Trinajstić information content (AvgIpc) is 2.49. The third-order valence-electron chi connectivity index (χ3n) is 1.91. The molecule has 4 heteroatoms. The predicted octanol–water partition coefficient (Wildman–Crippen LogP) is 1.71. The summed E-state index contributed by atoms with van der Waals surface area (Å²) >= 11 is 5.84. The van der Waals surface area contributed by atoms with E-state index in [4.69, 9.17) is 11.6 Å². The number of pyridine rings is 1. The molecule has 0 aliphatic rings. The second kappa shape index (κ2) is 3.36. The monoisotopic (exact) mass is 195 g/mol. The molecule has 0 fully saturated rings. The molecule has 0 saturated carbocycles. The molecule has 3 nitrogen and oxygen atoms in total. The number of imidazole rings is 1. The lowest BCUT2D eigenvalue weighted by atomic mass is 10.4. The third kappa shape index (κ3) is 1.53. The zero-order chi connectivity index (χ0) is 9.26. The lowest BCUT2D eigenvalue weighted by Gasteiger charge is -1.99. The molecule has 2 rings (SSSR count). The van der Waals surface area contributed by atoms with E-state index in [2.05, 4.69) is 10.3 Å². The Kier molecular flexibility index (Phi) is 2.20. The fourth-order valence-corrected chi connectivity index (χ4v) is 1.47. The summed E-state index contributed by atoms with van der Waals surface area (Å²) in [5.74, 6) is 0. The Morgan fingerprint density at radius 2 is 2.46 bits per heavy atom. The first-order valence-corrected chi connectivity index (χ1v) is 4.45. The van der Waals surface area contributed by atoms with Gasteiger partial charge in [-0.25, -0.2) is 4.98 Å². The standard InChI is InChI=1S/C9H10ClN3/c1-11-5-8-6-12-9-4-7(10)2-3-13(8)9/h2-4,6,11H,5H2,1H3. The number of nitrogens with zero attached hydrogens (tertiary/aromatic N) is 2. The lowest BCUT2D eigenvalue weighted by molar-refractivity contribution is 0.782. The topological polar surface area (TPSA) is 29.3 Å². The van der Waals surface area contributed by atoms with Crippen LogP contribution in [0.1, 0.15) is 5.69 Å². The van der Waals surface area contributed by atoms with Gasteiger partial charge in [0.25, 0.3) is 0 Å². The highest BCUT2D eigenvalue weighted by Gasteiger charge is 2.01. The van der Waals surface area contributed by atoms with E-state index in [9.17, 15) is 0 Å². The van der Waals surface area contributed by atoms with Crippen molar-refractivity contribution in [3.8, 4) is 0 Å². The van der Waals surface area contributed by atoms with Gasteiger partial charge in [-0.2, -0.15) is 0 Å². The molecule has 2 aromatic heterocycles. The lowest BCUT2D eigenvalue weighted by Crippen LogP contribution is -2.07. The summed E-state index contributed by atoms with van der Waals surface area (Å²) in [7, 11) is 1.91. The van der Waals surface area contributed by atoms with Gasteiger partial charge in [0.15, 0.2) is 0 Å². The SMILES string of the molecule is CNCc1cnc2cc(Cl)ccn12. The highest BCUT2D eigenvalue weighted by atomic mass is 35.5. The fraction of sp³-hybridized carbons (Fsp3) is 0.222. The van der Waals surface area contributed by atoms with Gasteiger partial charge in [0.05, 0.1) is 11.9 Å². The summed E-state index contributed by atoms with van der Waals surface area (Å²) in [5, 5.41) is 3.80. The number of aromatic nitrogens is 2. The van der Waals surface area contributed by atoms with Crippen LogP contribution in [-0.4, -0.2) is 16.4 Å². The molecule has 0 aromatic carbocycles. The van der Waals surface area contributed by atoms with Crippen LogP contribution in [0, 0.1) is 0 Å². The summed E-state index contributed by atoms with van der Waals surface area (Å²) in [5.41, 5.74) is 2.02. The molecule has 0 amide bonds. The number of fused-ring (bicyclic) bond motifs is 1. The van der Waals surface area contributed by atoms with E-state index in [0.29, 0.717) is 5.02 Å². The second-order valence-electron chi connectivity index (χ2n) is 2.85. The first-order chi connectivity index (χ1) is 6.31. The largest absolute Gasteiger partial charge is 0.314 e. The molecule has 0 aliphatic heterocycles. The van der Waals surface area contributed by atoms with Crippen LogP contribution in [0.3, 0.4) is 0 Å². The van der Waals surface area contributed by atoms with Crippen molar-refractivity contribution in [1.82, 2.24) is 14.7 Å². The smallest absolute Gasteiger partial charge is 0.138 e. The maximum atomic E-state index is 5.84. The molecule has 0 atom stereocenters. The van der Waals surface area contributed by atoms with E-state index < -0.39 is 0 Å². The minimum Gasteiger partial charge on any atom is -0.314 e. The van der Waals surface area contributed by atoms with E-state index in [-0.39, 0.29) is 0 Å². The second-order valence-corrected chi connectivity index (χ2v) is 3.29. The molecule has 1 N–H and O–H groups in total. The Morgan fingerprint density at radius 3 is 3.23 bits per heavy atom. The number of hydrogen-bond donors (Lipinski definition) is 1. The van der Waals surface area contributed by atoms with Gasteiger partial charge in [0, 0.05) is 17.8 Å². The molecule has 2 heterocycles. The van der Waals surface area contributed by atoms with Crippen LogP contribution in [0.5, 0.6) is 0 Å². The Bertz CT molecular complexity index is 422. The van der Waals surface area contributed by atoms with Crippen LogP contribution >= 0.6 is 11.6 Å². The first kappa shape index (κ1) is 8.53. The molecular weight excluding hydrogens is 186 g/mol. The zero-order valence-electron chi connectivity index (χ0n) is 7.29. The van der Waals surface area contributed by atoms with E-state index >= 15 is 0 Å². The van der Waals surface area contributed by atoms with E-state index in [1.54, 1.807) is 0 Å². The van der Waals surface area contributed by atoms with Crippen LogP contribution in [0.2, 0.25) is 5.02 Å². The molecule has 0 unspecified atom stereocenters. The number of hydrogen-bond acceptors (Lipinski definition) is 2. The maximum absolute atomic E-state index is 5.84. The Morgan fingerprint density at radius 1 is 1.62 bits per heavy atom. The van der Waals surface area contributed by atoms with Crippen LogP contribution in [0.25, 0.3) is 5.65 Å². The highest BCUT2D eigenvalue weighted by Crippen LogP contribution is 2.12. The normalized spacial score (nSPS) is 10.9. The van der Waals surface area contributed by atoms with E-state index in [0.717, 1.165) is 17.9 Å². The van der Waals surface area contributed by atoms with E-state index in [1.807, 2.05) is 36.0 Å². The van der Waals surface area contributed by atoms with Gasteiger partial charge in [-0.05, 0) is 19.2 Å². The number of rotatable bonds is 2. The van der Waals surface area contributed by atoms with Crippen molar-refractivity contribution in [2.24, 2.45) is 0 Å². The Labute approximate surface area is 81.4 Å². The van der Waals surface area contributed by atoms with Crippen molar-refractivity contribution in [2.75, 3.05) is 7.05 Å².